The number of fused-ring (bicyclic) bond motifs is 1. The molecule has 1 aromatic carbocycles. The van der Waals surface area contributed by atoms with Gasteiger partial charge in [0.15, 0.2) is 5.82 Å². The number of imidazole rings is 1. The van der Waals surface area contributed by atoms with Gasteiger partial charge >= 0.3 is 0 Å². The normalized spacial score (nSPS) is 12.8. The molecule has 2 heterocycles. The third-order valence-electron chi connectivity index (χ3n) is 2.90. The molecule has 0 aliphatic rings. The highest BCUT2D eigenvalue weighted by molar-refractivity contribution is 5.78. The second-order valence-corrected chi connectivity index (χ2v) is 4.26. The van der Waals surface area contributed by atoms with Gasteiger partial charge < -0.3 is 10.1 Å². The first kappa shape index (κ1) is 10.9. The summed E-state index contributed by atoms with van der Waals surface area (Å²) in [4.78, 5) is 12.0. The third-order valence-corrected chi connectivity index (χ3v) is 2.90. The topological polar surface area (TPSA) is 61.8 Å². The van der Waals surface area contributed by atoms with Crippen LogP contribution in [0.4, 0.5) is 0 Å². The zero-order valence-corrected chi connectivity index (χ0v) is 9.96. The average molecular weight is 239 g/mol. The highest BCUT2D eigenvalue weighted by Gasteiger charge is 2.07. The molecule has 0 radical (unpaired) electrons. The van der Waals surface area contributed by atoms with Crippen molar-refractivity contribution >= 4 is 11.0 Å². The second-order valence-electron chi connectivity index (χ2n) is 4.26. The van der Waals surface area contributed by atoms with Crippen LogP contribution >= 0.6 is 0 Å². The number of aromatic amines is 1. The SMILES string of the molecule is CC(O)c1ccc(-c2nc3ccccc3[nH]2)nc1. The van der Waals surface area contributed by atoms with E-state index in [1.54, 1.807) is 13.1 Å². The minimum Gasteiger partial charge on any atom is -0.389 e. The summed E-state index contributed by atoms with van der Waals surface area (Å²) in [5.41, 5.74) is 3.49. The Morgan fingerprint density at radius 2 is 2.00 bits per heavy atom. The van der Waals surface area contributed by atoms with E-state index in [9.17, 15) is 5.11 Å². The van der Waals surface area contributed by atoms with Gasteiger partial charge in [0.05, 0.1) is 17.1 Å². The molecule has 0 amide bonds. The third kappa shape index (κ3) is 1.87. The fourth-order valence-electron chi connectivity index (χ4n) is 1.87. The van der Waals surface area contributed by atoms with Crippen LogP contribution in [0.3, 0.4) is 0 Å². The van der Waals surface area contributed by atoms with Gasteiger partial charge in [-0.15, -0.1) is 0 Å². The van der Waals surface area contributed by atoms with Crippen LogP contribution in [-0.2, 0) is 0 Å². The summed E-state index contributed by atoms with van der Waals surface area (Å²) in [6.07, 6.45) is 1.18. The molecule has 1 unspecified atom stereocenters. The summed E-state index contributed by atoms with van der Waals surface area (Å²) >= 11 is 0. The van der Waals surface area contributed by atoms with Gasteiger partial charge in [-0.2, -0.15) is 0 Å². The van der Waals surface area contributed by atoms with Gasteiger partial charge in [-0.1, -0.05) is 18.2 Å². The molecule has 0 spiro atoms. The minimum atomic E-state index is -0.498. The van der Waals surface area contributed by atoms with Gasteiger partial charge in [0.25, 0.3) is 0 Å². The first-order chi connectivity index (χ1) is 8.74. The van der Waals surface area contributed by atoms with Gasteiger partial charge in [-0.25, -0.2) is 4.98 Å². The molecule has 0 fully saturated rings. The lowest BCUT2D eigenvalue weighted by molar-refractivity contribution is 0.199. The van der Waals surface area contributed by atoms with Crippen molar-refractivity contribution in [2.24, 2.45) is 0 Å². The molecule has 90 valence electrons. The number of rotatable bonds is 2. The molecule has 0 bridgehead atoms. The lowest BCUT2D eigenvalue weighted by atomic mass is 10.2. The lowest BCUT2D eigenvalue weighted by Crippen LogP contribution is -1.93. The van der Waals surface area contributed by atoms with Crippen LogP contribution < -0.4 is 0 Å². The van der Waals surface area contributed by atoms with Crippen molar-refractivity contribution < 1.29 is 5.11 Å². The van der Waals surface area contributed by atoms with Gasteiger partial charge in [-0.3, -0.25) is 4.98 Å². The fourth-order valence-corrected chi connectivity index (χ4v) is 1.87. The summed E-state index contributed by atoms with van der Waals surface area (Å²) in [6, 6.07) is 11.6. The van der Waals surface area contributed by atoms with Gasteiger partial charge in [0.2, 0.25) is 0 Å². The van der Waals surface area contributed by atoms with Crippen molar-refractivity contribution in [2.75, 3.05) is 0 Å². The van der Waals surface area contributed by atoms with Gasteiger partial charge in [0.1, 0.15) is 5.69 Å². The molecular formula is C14H13N3O. The number of aromatic nitrogens is 3. The highest BCUT2D eigenvalue weighted by Crippen LogP contribution is 2.20. The van der Waals surface area contributed by atoms with E-state index in [0.717, 1.165) is 28.1 Å². The number of pyridine rings is 1. The van der Waals surface area contributed by atoms with E-state index < -0.39 is 6.10 Å². The molecular weight excluding hydrogens is 226 g/mol. The number of para-hydroxylation sites is 2. The Hall–Kier alpha value is -2.20. The first-order valence-corrected chi connectivity index (χ1v) is 5.83. The molecule has 4 heteroatoms. The Morgan fingerprint density at radius 3 is 2.67 bits per heavy atom. The minimum absolute atomic E-state index is 0.498. The zero-order chi connectivity index (χ0) is 12.5. The number of hydrogen-bond donors (Lipinski definition) is 2. The number of nitrogens with zero attached hydrogens (tertiary/aromatic N) is 2. The van der Waals surface area contributed by atoms with E-state index in [1.165, 1.54) is 0 Å². The monoisotopic (exact) mass is 239 g/mol. The van der Waals surface area contributed by atoms with E-state index in [-0.39, 0.29) is 0 Å². The summed E-state index contributed by atoms with van der Waals surface area (Å²) in [6.45, 7) is 1.72. The Balaban J connectivity index is 2.03. The van der Waals surface area contributed by atoms with E-state index in [1.807, 2.05) is 36.4 Å². The molecule has 4 nitrogen and oxygen atoms in total. The average Bonchev–Trinajstić information content (AvgIpc) is 2.82. The Labute approximate surface area is 104 Å². The van der Waals surface area contributed by atoms with Crippen molar-refractivity contribution in [3.05, 3.63) is 48.2 Å². The summed E-state index contributed by atoms with van der Waals surface area (Å²) < 4.78 is 0. The smallest absolute Gasteiger partial charge is 0.157 e. The molecule has 1 atom stereocenters. The predicted molar refractivity (Wildman–Crippen MR) is 70.0 cm³/mol. The van der Waals surface area contributed by atoms with Gasteiger partial charge in [-0.05, 0) is 30.7 Å². The molecule has 18 heavy (non-hydrogen) atoms. The maximum atomic E-state index is 9.44. The van der Waals surface area contributed by atoms with Crippen molar-refractivity contribution in [2.45, 2.75) is 13.0 Å². The molecule has 3 rings (SSSR count). The maximum Gasteiger partial charge on any atom is 0.157 e. The van der Waals surface area contributed by atoms with E-state index in [2.05, 4.69) is 15.0 Å². The lowest BCUT2D eigenvalue weighted by Gasteiger charge is -2.03. The number of hydrogen-bond acceptors (Lipinski definition) is 3. The highest BCUT2D eigenvalue weighted by atomic mass is 16.3. The zero-order valence-electron chi connectivity index (χ0n) is 9.96. The molecule has 0 aliphatic heterocycles. The van der Waals surface area contributed by atoms with E-state index in [0.29, 0.717) is 0 Å². The van der Waals surface area contributed by atoms with Crippen molar-refractivity contribution in [3.8, 4) is 11.5 Å². The first-order valence-electron chi connectivity index (χ1n) is 5.83. The van der Waals surface area contributed by atoms with Crippen LogP contribution in [0.2, 0.25) is 0 Å². The molecule has 2 aromatic heterocycles. The van der Waals surface area contributed by atoms with E-state index in [4.69, 9.17) is 0 Å². The molecule has 0 aliphatic carbocycles. The van der Waals surface area contributed by atoms with Crippen LogP contribution in [0, 0.1) is 0 Å². The van der Waals surface area contributed by atoms with E-state index >= 15 is 0 Å². The number of H-pyrrole nitrogens is 1. The summed E-state index contributed by atoms with van der Waals surface area (Å²) in [5.74, 6) is 0.744. The van der Waals surface area contributed by atoms with Crippen molar-refractivity contribution in [1.82, 2.24) is 15.0 Å². The Morgan fingerprint density at radius 1 is 1.17 bits per heavy atom. The van der Waals surface area contributed by atoms with Crippen LogP contribution in [-0.4, -0.2) is 20.1 Å². The summed E-state index contributed by atoms with van der Waals surface area (Å²) in [5, 5.41) is 9.44. The number of benzene rings is 1. The maximum absolute atomic E-state index is 9.44. The number of aliphatic hydroxyl groups excluding tert-OH is 1. The molecule has 0 saturated carbocycles. The standard InChI is InChI=1S/C14H13N3O/c1-9(18)10-6-7-13(15-8-10)14-16-11-4-2-3-5-12(11)17-14/h2-9,18H,1H3,(H,16,17). The van der Waals surface area contributed by atoms with Crippen LogP contribution in [0.1, 0.15) is 18.6 Å². The van der Waals surface area contributed by atoms with Gasteiger partial charge in [0, 0.05) is 6.20 Å². The number of aliphatic hydroxyl groups is 1. The van der Waals surface area contributed by atoms with Crippen LogP contribution in [0.15, 0.2) is 42.6 Å². The van der Waals surface area contributed by atoms with Crippen molar-refractivity contribution in [3.63, 3.8) is 0 Å². The second kappa shape index (κ2) is 4.23. The van der Waals surface area contributed by atoms with Crippen molar-refractivity contribution in [1.29, 1.82) is 0 Å². The van der Waals surface area contributed by atoms with Crippen LogP contribution in [0.5, 0.6) is 0 Å². The quantitative estimate of drug-likeness (QED) is 0.722. The predicted octanol–water partition coefficient (Wildman–Crippen LogP) is 2.68. The van der Waals surface area contributed by atoms with Crippen LogP contribution in [0.25, 0.3) is 22.6 Å². The Bertz CT molecular complexity index is 638. The molecule has 0 saturated heterocycles. The largest absolute Gasteiger partial charge is 0.389 e. The fraction of sp³-hybridized carbons (Fsp3) is 0.143. The molecule has 3 aromatic rings. The molecule has 2 N–H and O–H groups in total. The summed E-state index contributed by atoms with van der Waals surface area (Å²) in [7, 11) is 0. The Kier molecular flexibility index (Phi) is 2.57. The number of nitrogens with one attached hydrogen (secondary N) is 1.